The number of hydrogen-bond donors (Lipinski definition) is 1. The molecule has 1 N–H and O–H groups in total. The van der Waals surface area contributed by atoms with Gasteiger partial charge in [-0.2, -0.15) is 0 Å². The van der Waals surface area contributed by atoms with E-state index in [1.54, 1.807) is 21.6 Å². The maximum Gasteiger partial charge on any atom is 0.0208 e. The molecule has 0 bridgehead atoms. The second kappa shape index (κ2) is 10.3. The molecule has 0 saturated heterocycles. The summed E-state index contributed by atoms with van der Waals surface area (Å²) in [5, 5.41) is 3.64. The standard InChI is InChI=1S/C28H35NS2/c1-27(2,3)23-16-22(17-24(18-23)28(4,5)6)20-29-19-21-12-14-26(15-13-21)31-30-25-10-8-7-9-11-25/h7-18,29H,19-20H2,1-6H3. The Morgan fingerprint density at radius 2 is 1.06 bits per heavy atom. The van der Waals surface area contributed by atoms with Gasteiger partial charge in [-0.1, -0.05) is 112 Å². The smallest absolute Gasteiger partial charge is 0.0208 e. The van der Waals surface area contributed by atoms with Crippen molar-refractivity contribution in [2.75, 3.05) is 0 Å². The first-order valence-electron chi connectivity index (χ1n) is 11.0. The Bertz CT molecular complexity index is 932. The Balaban J connectivity index is 1.58. The molecule has 0 unspecified atom stereocenters. The maximum atomic E-state index is 3.64. The van der Waals surface area contributed by atoms with Gasteiger partial charge >= 0.3 is 0 Å². The summed E-state index contributed by atoms with van der Waals surface area (Å²) in [5.74, 6) is 0. The van der Waals surface area contributed by atoms with E-state index in [-0.39, 0.29) is 10.8 Å². The number of benzene rings is 3. The largest absolute Gasteiger partial charge is 0.309 e. The minimum Gasteiger partial charge on any atom is -0.309 e. The van der Waals surface area contributed by atoms with Crippen LogP contribution in [0.5, 0.6) is 0 Å². The van der Waals surface area contributed by atoms with Gasteiger partial charge in [-0.25, -0.2) is 0 Å². The molecule has 0 radical (unpaired) electrons. The van der Waals surface area contributed by atoms with Gasteiger partial charge in [0.1, 0.15) is 0 Å². The van der Waals surface area contributed by atoms with E-state index in [0.29, 0.717) is 0 Å². The maximum absolute atomic E-state index is 3.64. The average molecular weight is 450 g/mol. The van der Waals surface area contributed by atoms with Crippen LogP contribution in [0, 0.1) is 0 Å². The molecular formula is C28H35NS2. The van der Waals surface area contributed by atoms with E-state index in [2.05, 4.69) is 120 Å². The molecule has 0 heterocycles. The fourth-order valence-electron chi connectivity index (χ4n) is 3.25. The lowest BCUT2D eigenvalue weighted by Gasteiger charge is -2.26. The number of hydrogen-bond acceptors (Lipinski definition) is 3. The molecule has 1 nitrogen and oxygen atoms in total. The van der Waals surface area contributed by atoms with Crippen LogP contribution < -0.4 is 5.32 Å². The van der Waals surface area contributed by atoms with Crippen molar-refractivity contribution in [1.82, 2.24) is 5.32 Å². The summed E-state index contributed by atoms with van der Waals surface area (Å²) in [4.78, 5) is 2.57. The molecule has 0 saturated carbocycles. The molecule has 3 aromatic rings. The first-order valence-corrected chi connectivity index (χ1v) is 13.1. The molecule has 0 amide bonds. The second-order valence-corrected chi connectivity index (χ2v) is 12.4. The Morgan fingerprint density at radius 1 is 0.581 bits per heavy atom. The van der Waals surface area contributed by atoms with Gasteiger partial charge in [0.15, 0.2) is 0 Å². The highest BCUT2D eigenvalue weighted by Crippen LogP contribution is 2.37. The lowest BCUT2D eigenvalue weighted by Crippen LogP contribution is -2.19. The van der Waals surface area contributed by atoms with Crippen molar-refractivity contribution in [2.24, 2.45) is 0 Å². The summed E-state index contributed by atoms with van der Waals surface area (Å²) in [6.07, 6.45) is 0. The Labute approximate surface area is 196 Å². The summed E-state index contributed by atoms with van der Waals surface area (Å²) < 4.78 is 0. The quantitative estimate of drug-likeness (QED) is 0.364. The Kier molecular flexibility index (Phi) is 7.96. The zero-order valence-electron chi connectivity index (χ0n) is 19.7. The number of rotatable bonds is 7. The zero-order valence-corrected chi connectivity index (χ0v) is 21.3. The van der Waals surface area contributed by atoms with Crippen LogP contribution in [0.4, 0.5) is 0 Å². The third-order valence-corrected chi connectivity index (χ3v) is 7.70. The molecule has 0 aliphatic rings. The van der Waals surface area contributed by atoms with E-state index >= 15 is 0 Å². The minimum atomic E-state index is 0.154. The van der Waals surface area contributed by atoms with E-state index < -0.39 is 0 Å². The molecular weight excluding hydrogens is 414 g/mol. The lowest BCUT2D eigenvalue weighted by atomic mass is 9.79. The average Bonchev–Trinajstić information content (AvgIpc) is 2.72. The summed E-state index contributed by atoms with van der Waals surface area (Å²) >= 11 is 0. The van der Waals surface area contributed by atoms with Crippen LogP contribution in [0.1, 0.15) is 63.8 Å². The van der Waals surface area contributed by atoms with Gasteiger partial charge < -0.3 is 5.32 Å². The molecule has 0 atom stereocenters. The van der Waals surface area contributed by atoms with Crippen molar-refractivity contribution in [3.05, 3.63) is 95.1 Å². The topological polar surface area (TPSA) is 12.0 Å². The zero-order chi connectivity index (χ0) is 22.5. The molecule has 0 aromatic heterocycles. The molecule has 164 valence electrons. The summed E-state index contributed by atoms with van der Waals surface area (Å²) in [7, 11) is 3.61. The van der Waals surface area contributed by atoms with Crippen LogP contribution in [0.3, 0.4) is 0 Å². The SMILES string of the molecule is CC(C)(C)c1cc(CNCc2ccc(SSc3ccccc3)cc2)cc(C(C)(C)C)c1. The summed E-state index contributed by atoms with van der Waals surface area (Å²) in [6.45, 7) is 15.5. The van der Waals surface area contributed by atoms with Gasteiger partial charge in [-0.3, -0.25) is 0 Å². The van der Waals surface area contributed by atoms with E-state index in [9.17, 15) is 0 Å². The molecule has 0 aliphatic heterocycles. The van der Waals surface area contributed by atoms with Crippen LogP contribution in [-0.2, 0) is 23.9 Å². The predicted molar refractivity (Wildman–Crippen MR) is 139 cm³/mol. The van der Waals surface area contributed by atoms with E-state index in [4.69, 9.17) is 0 Å². The van der Waals surface area contributed by atoms with Crippen LogP contribution >= 0.6 is 21.6 Å². The molecule has 0 aliphatic carbocycles. The highest BCUT2D eigenvalue weighted by Gasteiger charge is 2.20. The third-order valence-electron chi connectivity index (χ3n) is 5.28. The monoisotopic (exact) mass is 449 g/mol. The van der Waals surface area contributed by atoms with Crippen molar-refractivity contribution in [3.8, 4) is 0 Å². The molecule has 3 heteroatoms. The minimum absolute atomic E-state index is 0.154. The van der Waals surface area contributed by atoms with Crippen molar-refractivity contribution in [2.45, 2.75) is 75.3 Å². The van der Waals surface area contributed by atoms with Crippen LogP contribution in [0.15, 0.2) is 82.6 Å². The van der Waals surface area contributed by atoms with Crippen LogP contribution in [0.25, 0.3) is 0 Å². The molecule has 3 aromatic carbocycles. The van der Waals surface area contributed by atoms with Gasteiger partial charge in [-0.15, -0.1) is 0 Å². The highest BCUT2D eigenvalue weighted by atomic mass is 33.1. The van der Waals surface area contributed by atoms with E-state index in [1.807, 2.05) is 0 Å². The predicted octanol–water partition coefficient (Wildman–Crippen LogP) is 8.37. The van der Waals surface area contributed by atoms with Crippen molar-refractivity contribution in [3.63, 3.8) is 0 Å². The Morgan fingerprint density at radius 3 is 1.58 bits per heavy atom. The normalized spacial score (nSPS) is 12.2. The first kappa shape index (κ1) is 24.0. The number of nitrogens with one attached hydrogen (secondary N) is 1. The molecule has 3 rings (SSSR count). The van der Waals surface area contributed by atoms with Gasteiger partial charge in [0.05, 0.1) is 0 Å². The highest BCUT2D eigenvalue weighted by molar-refractivity contribution is 8.76. The first-order chi connectivity index (χ1) is 14.6. The Hall–Kier alpha value is -1.68. The van der Waals surface area contributed by atoms with Gasteiger partial charge in [0, 0.05) is 22.9 Å². The van der Waals surface area contributed by atoms with Gasteiger partial charge in [0.2, 0.25) is 0 Å². The lowest BCUT2D eigenvalue weighted by molar-refractivity contribution is 0.564. The van der Waals surface area contributed by atoms with Gasteiger partial charge in [-0.05, 0) is 57.3 Å². The van der Waals surface area contributed by atoms with E-state index in [0.717, 1.165) is 13.1 Å². The van der Waals surface area contributed by atoms with Crippen LogP contribution in [-0.4, -0.2) is 0 Å². The van der Waals surface area contributed by atoms with Crippen molar-refractivity contribution < 1.29 is 0 Å². The van der Waals surface area contributed by atoms with Crippen molar-refractivity contribution in [1.29, 1.82) is 0 Å². The molecule has 31 heavy (non-hydrogen) atoms. The molecule has 0 spiro atoms. The fourth-order valence-corrected chi connectivity index (χ4v) is 5.20. The fraction of sp³-hybridized carbons (Fsp3) is 0.357. The van der Waals surface area contributed by atoms with Crippen LogP contribution in [0.2, 0.25) is 0 Å². The van der Waals surface area contributed by atoms with Crippen molar-refractivity contribution >= 4 is 21.6 Å². The van der Waals surface area contributed by atoms with E-state index in [1.165, 1.54) is 32.0 Å². The molecule has 0 fully saturated rings. The third kappa shape index (κ3) is 7.45. The summed E-state index contributed by atoms with van der Waals surface area (Å²) in [6, 6.07) is 26.5. The van der Waals surface area contributed by atoms with Gasteiger partial charge in [0.25, 0.3) is 0 Å². The second-order valence-electron chi connectivity index (χ2n) is 10.1. The summed E-state index contributed by atoms with van der Waals surface area (Å²) in [5.41, 5.74) is 5.81.